The second-order valence-electron chi connectivity index (χ2n) is 4.00. The van der Waals surface area contributed by atoms with Gasteiger partial charge < -0.3 is 4.74 Å². The van der Waals surface area contributed by atoms with Crippen LogP contribution in [-0.2, 0) is 0 Å². The minimum Gasteiger partial charge on any atom is -0.456 e. The van der Waals surface area contributed by atoms with Gasteiger partial charge in [-0.3, -0.25) is 4.98 Å². The van der Waals surface area contributed by atoms with Crippen LogP contribution in [0.2, 0.25) is 5.02 Å². The second-order valence-corrected chi connectivity index (χ2v) is 5.27. The smallest absolute Gasteiger partial charge is 0.146 e. The molecule has 0 atom stereocenters. The van der Waals surface area contributed by atoms with Crippen LogP contribution in [0.5, 0.6) is 11.5 Å². The third-order valence-electron chi connectivity index (χ3n) is 2.72. The van der Waals surface area contributed by atoms with Crippen molar-refractivity contribution in [2.45, 2.75) is 0 Å². The largest absolute Gasteiger partial charge is 0.456 e. The van der Waals surface area contributed by atoms with Gasteiger partial charge in [-0.25, -0.2) is 0 Å². The van der Waals surface area contributed by atoms with E-state index in [0.717, 1.165) is 21.1 Å². The number of fused-ring (bicyclic) bond motifs is 1. The average Bonchev–Trinajstić information content (AvgIpc) is 2.42. The Labute approximate surface area is 124 Å². The first-order valence-corrected chi connectivity index (χ1v) is 6.88. The summed E-state index contributed by atoms with van der Waals surface area (Å²) < 4.78 is 6.78. The molecule has 1 heterocycles. The molecule has 4 heteroatoms. The monoisotopic (exact) mass is 333 g/mol. The minimum absolute atomic E-state index is 0.591. The molecule has 2 aromatic carbocycles. The Kier molecular flexibility index (Phi) is 3.40. The van der Waals surface area contributed by atoms with Crippen LogP contribution < -0.4 is 4.74 Å². The number of hydrogen-bond acceptors (Lipinski definition) is 2. The van der Waals surface area contributed by atoms with Crippen molar-refractivity contribution in [3.8, 4) is 11.5 Å². The van der Waals surface area contributed by atoms with Gasteiger partial charge in [-0.1, -0.05) is 39.7 Å². The van der Waals surface area contributed by atoms with Crippen molar-refractivity contribution >= 4 is 38.4 Å². The highest BCUT2D eigenvalue weighted by molar-refractivity contribution is 9.10. The standard InChI is InChI=1S/C15H9BrClNO/c16-12-7-8-18-14-6-5-10(9-11(12)14)19-15-4-2-1-3-13(15)17/h1-9H. The van der Waals surface area contributed by atoms with Crippen LogP contribution in [0.3, 0.4) is 0 Å². The molecule has 3 rings (SSSR count). The summed E-state index contributed by atoms with van der Waals surface area (Å²) in [4.78, 5) is 4.30. The average molecular weight is 335 g/mol. The van der Waals surface area contributed by atoms with E-state index in [-0.39, 0.29) is 0 Å². The van der Waals surface area contributed by atoms with E-state index in [1.54, 1.807) is 12.3 Å². The van der Waals surface area contributed by atoms with E-state index in [4.69, 9.17) is 16.3 Å². The molecule has 0 fully saturated rings. The number of pyridine rings is 1. The highest BCUT2D eigenvalue weighted by Crippen LogP contribution is 2.32. The molecule has 0 aliphatic carbocycles. The Morgan fingerprint density at radius 1 is 1.05 bits per heavy atom. The van der Waals surface area contributed by atoms with E-state index >= 15 is 0 Å². The van der Waals surface area contributed by atoms with Gasteiger partial charge in [0.25, 0.3) is 0 Å². The number of nitrogens with zero attached hydrogens (tertiary/aromatic N) is 1. The number of halogens is 2. The van der Waals surface area contributed by atoms with E-state index in [0.29, 0.717) is 10.8 Å². The summed E-state index contributed by atoms with van der Waals surface area (Å²) in [5.74, 6) is 1.37. The quantitative estimate of drug-likeness (QED) is 0.622. The third-order valence-corrected chi connectivity index (χ3v) is 3.73. The van der Waals surface area contributed by atoms with Crippen LogP contribution in [0.1, 0.15) is 0 Å². The van der Waals surface area contributed by atoms with Gasteiger partial charge in [0.15, 0.2) is 0 Å². The number of aromatic nitrogens is 1. The highest BCUT2D eigenvalue weighted by atomic mass is 79.9. The van der Waals surface area contributed by atoms with Gasteiger partial charge >= 0.3 is 0 Å². The Morgan fingerprint density at radius 3 is 2.74 bits per heavy atom. The molecule has 0 aliphatic rings. The molecule has 3 aromatic rings. The fraction of sp³-hybridized carbons (Fsp3) is 0. The van der Waals surface area contributed by atoms with Crippen LogP contribution in [0.15, 0.2) is 59.2 Å². The number of benzene rings is 2. The molecule has 0 N–H and O–H groups in total. The molecule has 0 radical (unpaired) electrons. The van der Waals surface area contributed by atoms with Gasteiger partial charge in [0, 0.05) is 16.1 Å². The highest BCUT2D eigenvalue weighted by Gasteiger charge is 2.05. The van der Waals surface area contributed by atoms with Gasteiger partial charge in [-0.05, 0) is 36.4 Å². The van der Waals surface area contributed by atoms with E-state index in [1.807, 2.05) is 42.5 Å². The maximum Gasteiger partial charge on any atom is 0.146 e. The normalized spacial score (nSPS) is 10.6. The van der Waals surface area contributed by atoms with Crippen LogP contribution in [0, 0.1) is 0 Å². The van der Waals surface area contributed by atoms with Gasteiger partial charge in [-0.2, -0.15) is 0 Å². The molecule has 2 nitrogen and oxygen atoms in total. The second kappa shape index (κ2) is 5.19. The molecule has 0 saturated heterocycles. The van der Waals surface area contributed by atoms with E-state index in [1.165, 1.54) is 0 Å². The number of ether oxygens (including phenoxy) is 1. The molecule has 0 saturated carbocycles. The first-order valence-electron chi connectivity index (χ1n) is 5.71. The van der Waals surface area contributed by atoms with E-state index in [9.17, 15) is 0 Å². The Bertz CT molecular complexity index is 745. The lowest BCUT2D eigenvalue weighted by molar-refractivity contribution is 0.483. The lowest BCUT2D eigenvalue weighted by Gasteiger charge is -2.08. The van der Waals surface area contributed by atoms with Crippen molar-refractivity contribution in [2.24, 2.45) is 0 Å². The summed E-state index contributed by atoms with van der Waals surface area (Å²) in [6.45, 7) is 0. The Hall–Kier alpha value is -1.58. The van der Waals surface area contributed by atoms with Crippen LogP contribution >= 0.6 is 27.5 Å². The Morgan fingerprint density at radius 2 is 1.89 bits per heavy atom. The molecular weight excluding hydrogens is 326 g/mol. The number of hydrogen-bond donors (Lipinski definition) is 0. The van der Waals surface area contributed by atoms with Crippen molar-refractivity contribution in [3.05, 3.63) is 64.2 Å². The molecule has 1 aromatic heterocycles. The minimum atomic E-state index is 0.591. The van der Waals surface area contributed by atoms with Crippen LogP contribution in [-0.4, -0.2) is 4.98 Å². The van der Waals surface area contributed by atoms with Crippen LogP contribution in [0.4, 0.5) is 0 Å². The van der Waals surface area contributed by atoms with Gasteiger partial charge in [0.05, 0.1) is 10.5 Å². The maximum atomic E-state index is 6.08. The number of rotatable bonds is 2. The van der Waals surface area contributed by atoms with Crippen molar-refractivity contribution in [1.82, 2.24) is 4.98 Å². The van der Waals surface area contributed by atoms with Crippen molar-refractivity contribution < 1.29 is 4.74 Å². The summed E-state index contributed by atoms with van der Waals surface area (Å²) >= 11 is 9.59. The number of para-hydroxylation sites is 1. The lowest BCUT2D eigenvalue weighted by atomic mass is 10.2. The fourth-order valence-electron chi connectivity index (χ4n) is 1.81. The fourth-order valence-corrected chi connectivity index (χ4v) is 2.42. The zero-order chi connectivity index (χ0) is 13.2. The zero-order valence-electron chi connectivity index (χ0n) is 9.81. The molecule has 0 spiro atoms. The van der Waals surface area contributed by atoms with Crippen molar-refractivity contribution in [2.75, 3.05) is 0 Å². The summed E-state index contributed by atoms with van der Waals surface area (Å²) in [7, 11) is 0. The van der Waals surface area contributed by atoms with Gasteiger partial charge in [0.1, 0.15) is 11.5 Å². The van der Waals surface area contributed by atoms with Crippen molar-refractivity contribution in [1.29, 1.82) is 0 Å². The first-order chi connectivity index (χ1) is 9.24. The first kappa shape index (κ1) is 12.5. The zero-order valence-corrected chi connectivity index (χ0v) is 12.1. The summed E-state index contributed by atoms with van der Waals surface area (Å²) in [5.41, 5.74) is 0.917. The van der Waals surface area contributed by atoms with Gasteiger partial charge in [-0.15, -0.1) is 0 Å². The van der Waals surface area contributed by atoms with Crippen molar-refractivity contribution in [3.63, 3.8) is 0 Å². The predicted octanol–water partition coefficient (Wildman–Crippen LogP) is 5.44. The van der Waals surface area contributed by atoms with E-state index < -0.39 is 0 Å². The molecule has 0 bridgehead atoms. The maximum absolute atomic E-state index is 6.08. The molecule has 0 amide bonds. The lowest BCUT2D eigenvalue weighted by Crippen LogP contribution is -1.86. The Balaban J connectivity index is 2.02. The SMILES string of the molecule is Clc1ccccc1Oc1ccc2nccc(Br)c2c1. The molecule has 0 aliphatic heterocycles. The third kappa shape index (κ3) is 2.57. The molecule has 94 valence electrons. The molecule has 19 heavy (non-hydrogen) atoms. The van der Waals surface area contributed by atoms with Gasteiger partial charge in [0.2, 0.25) is 0 Å². The summed E-state index contributed by atoms with van der Waals surface area (Å²) in [6.07, 6.45) is 1.76. The molecule has 0 unspecified atom stereocenters. The predicted molar refractivity (Wildman–Crippen MR) is 81.0 cm³/mol. The summed E-state index contributed by atoms with van der Waals surface area (Å²) in [5, 5.41) is 1.60. The van der Waals surface area contributed by atoms with Crippen LogP contribution in [0.25, 0.3) is 10.9 Å². The van der Waals surface area contributed by atoms with E-state index in [2.05, 4.69) is 20.9 Å². The topological polar surface area (TPSA) is 22.1 Å². The molecular formula is C15H9BrClNO. The summed E-state index contributed by atoms with van der Waals surface area (Å²) in [6, 6.07) is 15.0.